The number of aryl methyl sites for hydroxylation is 1. The van der Waals surface area contributed by atoms with Crippen molar-refractivity contribution in [2.24, 2.45) is 5.73 Å². The van der Waals surface area contributed by atoms with E-state index >= 15 is 0 Å². The first-order valence-electron chi connectivity index (χ1n) is 5.20. The summed E-state index contributed by atoms with van der Waals surface area (Å²) < 4.78 is 5.10. The van der Waals surface area contributed by atoms with Crippen molar-refractivity contribution < 1.29 is 4.74 Å². The highest BCUT2D eigenvalue weighted by molar-refractivity contribution is 5.27. The van der Waals surface area contributed by atoms with Crippen LogP contribution in [0.25, 0.3) is 0 Å². The van der Waals surface area contributed by atoms with Crippen molar-refractivity contribution in [3.8, 4) is 5.75 Å². The predicted octanol–water partition coefficient (Wildman–Crippen LogP) is 2.37. The van der Waals surface area contributed by atoms with Gasteiger partial charge in [-0.25, -0.2) is 0 Å². The van der Waals surface area contributed by atoms with Gasteiger partial charge < -0.3 is 10.5 Å². The fourth-order valence-corrected chi connectivity index (χ4v) is 1.44. The van der Waals surface area contributed by atoms with Crippen molar-refractivity contribution in [1.29, 1.82) is 0 Å². The quantitative estimate of drug-likeness (QED) is 0.704. The van der Waals surface area contributed by atoms with Crippen LogP contribution in [-0.4, -0.2) is 13.7 Å². The topological polar surface area (TPSA) is 35.2 Å². The van der Waals surface area contributed by atoms with Crippen molar-refractivity contribution in [2.45, 2.75) is 25.7 Å². The van der Waals surface area contributed by atoms with Crippen LogP contribution in [-0.2, 0) is 6.42 Å². The summed E-state index contributed by atoms with van der Waals surface area (Å²) in [6, 6.07) is 8.28. The van der Waals surface area contributed by atoms with Gasteiger partial charge in [0, 0.05) is 0 Å². The van der Waals surface area contributed by atoms with Crippen LogP contribution in [0.15, 0.2) is 24.3 Å². The molecule has 1 rings (SSSR count). The molecule has 0 radical (unpaired) electrons. The molecule has 0 aliphatic heterocycles. The molecule has 14 heavy (non-hydrogen) atoms. The van der Waals surface area contributed by atoms with Crippen molar-refractivity contribution in [2.75, 3.05) is 13.7 Å². The minimum absolute atomic E-state index is 0.808. The van der Waals surface area contributed by atoms with E-state index in [1.807, 2.05) is 12.1 Å². The highest BCUT2D eigenvalue weighted by atomic mass is 16.5. The SMILES string of the molecule is COc1ccc(CCCCCN)cc1. The molecule has 1 aromatic rings. The first kappa shape index (κ1) is 11.1. The number of nitrogens with two attached hydrogens (primary N) is 1. The molecule has 0 spiro atoms. The fraction of sp³-hybridized carbons (Fsp3) is 0.500. The van der Waals surface area contributed by atoms with Gasteiger partial charge in [0.15, 0.2) is 0 Å². The lowest BCUT2D eigenvalue weighted by atomic mass is 10.1. The summed E-state index contributed by atoms with van der Waals surface area (Å²) >= 11 is 0. The number of unbranched alkanes of at least 4 members (excludes halogenated alkanes) is 2. The lowest BCUT2D eigenvalue weighted by Gasteiger charge is -2.03. The van der Waals surface area contributed by atoms with Gasteiger partial charge in [-0.2, -0.15) is 0 Å². The van der Waals surface area contributed by atoms with E-state index in [1.54, 1.807) is 7.11 Å². The Morgan fingerprint density at radius 3 is 2.36 bits per heavy atom. The molecule has 78 valence electrons. The Bertz CT molecular complexity index is 243. The number of benzene rings is 1. The van der Waals surface area contributed by atoms with E-state index < -0.39 is 0 Å². The van der Waals surface area contributed by atoms with E-state index in [4.69, 9.17) is 10.5 Å². The minimum atomic E-state index is 0.808. The Morgan fingerprint density at radius 1 is 1.07 bits per heavy atom. The third-order valence-corrected chi connectivity index (χ3v) is 2.33. The molecule has 2 heteroatoms. The van der Waals surface area contributed by atoms with Crippen LogP contribution < -0.4 is 10.5 Å². The molecular formula is C12H19NO. The molecule has 0 amide bonds. The summed E-state index contributed by atoms with van der Waals surface area (Å²) in [4.78, 5) is 0. The first-order chi connectivity index (χ1) is 6.86. The smallest absolute Gasteiger partial charge is 0.118 e. The molecular weight excluding hydrogens is 174 g/mol. The summed E-state index contributed by atoms with van der Waals surface area (Å²) in [5.74, 6) is 0.927. The summed E-state index contributed by atoms with van der Waals surface area (Å²) in [5, 5.41) is 0. The average Bonchev–Trinajstić information content (AvgIpc) is 2.25. The van der Waals surface area contributed by atoms with Gasteiger partial charge in [-0.05, 0) is 43.5 Å². The minimum Gasteiger partial charge on any atom is -0.497 e. The Morgan fingerprint density at radius 2 is 1.79 bits per heavy atom. The Hall–Kier alpha value is -1.02. The monoisotopic (exact) mass is 193 g/mol. The second-order valence-corrected chi connectivity index (χ2v) is 3.45. The van der Waals surface area contributed by atoms with Crippen LogP contribution in [0.1, 0.15) is 24.8 Å². The van der Waals surface area contributed by atoms with Crippen LogP contribution in [0.4, 0.5) is 0 Å². The van der Waals surface area contributed by atoms with Gasteiger partial charge in [0.2, 0.25) is 0 Å². The highest BCUT2D eigenvalue weighted by Gasteiger charge is 1.94. The standard InChI is InChI=1S/C12H19NO/c1-14-12-8-6-11(7-9-12)5-3-2-4-10-13/h6-9H,2-5,10,13H2,1H3. The van der Waals surface area contributed by atoms with E-state index in [1.165, 1.54) is 18.4 Å². The van der Waals surface area contributed by atoms with E-state index in [-0.39, 0.29) is 0 Å². The summed E-state index contributed by atoms with van der Waals surface area (Å²) in [5.41, 5.74) is 6.81. The van der Waals surface area contributed by atoms with Gasteiger partial charge in [0.1, 0.15) is 5.75 Å². The maximum atomic E-state index is 5.43. The number of hydrogen-bond donors (Lipinski definition) is 1. The molecule has 0 aromatic heterocycles. The lowest BCUT2D eigenvalue weighted by Crippen LogP contribution is -1.98. The van der Waals surface area contributed by atoms with E-state index in [2.05, 4.69) is 12.1 Å². The van der Waals surface area contributed by atoms with Gasteiger partial charge in [0.25, 0.3) is 0 Å². The molecule has 1 aromatic carbocycles. The molecule has 0 unspecified atom stereocenters. The first-order valence-corrected chi connectivity index (χ1v) is 5.20. The molecule has 0 aliphatic rings. The van der Waals surface area contributed by atoms with Crippen molar-refractivity contribution in [1.82, 2.24) is 0 Å². The number of ether oxygens (including phenoxy) is 1. The molecule has 0 bridgehead atoms. The average molecular weight is 193 g/mol. The predicted molar refractivity (Wildman–Crippen MR) is 59.6 cm³/mol. The zero-order valence-electron chi connectivity index (χ0n) is 8.83. The number of rotatable bonds is 6. The van der Waals surface area contributed by atoms with E-state index in [9.17, 15) is 0 Å². The van der Waals surface area contributed by atoms with Gasteiger partial charge >= 0.3 is 0 Å². The Kier molecular flexibility index (Phi) is 5.08. The highest BCUT2D eigenvalue weighted by Crippen LogP contribution is 2.13. The Balaban J connectivity index is 2.29. The van der Waals surface area contributed by atoms with Gasteiger partial charge in [-0.15, -0.1) is 0 Å². The van der Waals surface area contributed by atoms with Crippen molar-refractivity contribution >= 4 is 0 Å². The third-order valence-electron chi connectivity index (χ3n) is 2.33. The summed E-state index contributed by atoms with van der Waals surface area (Å²) in [7, 11) is 1.69. The molecule has 0 heterocycles. The molecule has 0 atom stereocenters. The third kappa shape index (κ3) is 3.79. The Labute approximate surface area is 86.1 Å². The summed E-state index contributed by atoms with van der Waals surface area (Å²) in [6.07, 6.45) is 4.73. The van der Waals surface area contributed by atoms with Gasteiger partial charge in [-0.3, -0.25) is 0 Å². The fourth-order valence-electron chi connectivity index (χ4n) is 1.44. The van der Waals surface area contributed by atoms with Gasteiger partial charge in [-0.1, -0.05) is 18.6 Å². The second-order valence-electron chi connectivity index (χ2n) is 3.45. The number of hydrogen-bond acceptors (Lipinski definition) is 2. The van der Waals surface area contributed by atoms with Crippen LogP contribution in [0.5, 0.6) is 5.75 Å². The largest absolute Gasteiger partial charge is 0.497 e. The zero-order valence-corrected chi connectivity index (χ0v) is 8.83. The van der Waals surface area contributed by atoms with Gasteiger partial charge in [0.05, 0.1) is 7.11 Å². The zero-order chi connectivity index (χ0) is 10.2. The van der Waals surface area contributed by atoms with E-state index in [0.717, 1.165) is 25.1 Å². The van der Waals surface area contributed by atoms with Crippen LogP contribution in [0, 0.1) is 0 Å². The van der Waals surface area contributed by atoms with E-state index in [0.29, 0.717) is 0 Å². The van der Waals surface area contributed by atoms with Crippen molar-refractivity contribution in [3.63, 3.8) is 0 Å². The molecule has 2 N–H and O–H groups in total. The summed E-state index contributed by atoms with van der Waals surface area (Å²) in [6.45, 7) is 0.808. The molecule has 0 saturated carbocycles. The van der Waals surface area contributed by atoms with Crippen LogP contribution in [0.2, 0.25) is 0 Å². The number of methoxy groups -OCH3 is 1. The lowest BCUT2D eigenvalue weighted by molar-refractivity contribution is 0.414. The second kappa shape index (κ2) is 6.44. The maximum Gasteiger partial charge on any atom is 0.118 e. The normalized spacial score (nSPS) is 10.1. The van der Waals surface area contributed by atoms with Crippen LogP contribution >= 0.6 is 0 Å². The molecule has 2 nitrogen and oxygen atoms in total. The molecule has 0 fully saturated rings. The molecule has 0 aliphatic carbocycles. The maximum absolute atomic E-state index is 5.43. The molecule has 0 saturated heterocycles. The van der Waals surface area contributed by atoms with Crippen LogP contribution in [0.3, 0.4) is 0 Å². The van der Waals surface area contributed by atoms with Crippen molar-refractivity contribution in [3.05, 3.63) is 29.8 Å².